The van der Waals surface area contributed by atoms with Crippen molar-refractivity contribution in [3.05, 3.63) is 109 Å². The summed E-state index contributed by atoms with van der Waals surface area (Å²) in [6.45, 7) is 0. The molecule has 0 amide bonds. The van der Waals surface area contributed by atoms with Gasteiger partial charge in [-0.25, -0.2) is 16.8 Å². The molecule has 2 N–H and O–H groups in total. The zero-order chi connectivity index (χ0) is 22.6. The molecule has 0 fully saturated rings. The highest BCUT2D eigenvalue weighted by Gasteiger charge is 2.19. The molecule has 0 heterocycles. The quantitative estimate of drug-likeness (QED) is 0.405. The van der Waals surface area contributed by atoms with Crippen LogP contribution < -0.4 is 9.44 Å². The maximum absolute atomic E-state index is 12.9. The van der Waals surface area contributed by atoms with E-state index < -0.39 is 20.0 Å². The number of benzene rings is 4. The Morgan fingerprint density at radius 1 is 0.406 bits per heavy atom. The molecule has 0 saturated carbocycles. The molecule has 0 radical (unpaired) electrons. The van der Waals surface area contributed by atoms with Crippen LogP contribution in [0.2, 0.25) is 0 Å². The van der Waals surface area contributed by atoms with E-state index in [2.05, 4.69) is 9.44 Å². The van der Waals surface area contributed by atoms with Crippen molar-refractivity contribution in [3.63, 3.8) is 0 Å². The second-order valence-electron chi connectivity index (χ2n) is 6.93. The Labute approximate surface area is 187 Å². The van der Waals surface area contributed by atoms with Crippen molar-refractivity contribution in [3.8, 4) is 11.1 Å². The standard InChI is InChI=1S/C24H20N2O4S2/c27-31(28,19-11-3-1-4-12-19)25-23-17-9-7-15-21(23)22-16-8-10-18-24(22)26-32(29,30)20-13-5-2-6-14-20/h1-18,25-26H. The highest BCUT2D eigenvalue weighted by Crippen LogP contribution is 2.35. The SMILES string of the molecule is O=S(=O)(Nc1ccccc1-c1ccccc1NS(=O)(=O)c1ccccc1)c1ccccc1. The normalized spacial score (nSPS) is 11.6. The first-order valence-corrected chi connectivity index (χ1v) is 12.7. The number of anilines is 2. The van der Waals surface area contributed by atoms with E-state index >= 15 is 0 Å². The summed E-state index contributed by atoms with van der Waals surface area (Å²) in [5.74, 6) is 0. The van der Waals surface area contributed by atoms with Crippen LogP contribution >= 0.6 is 0 Å². The van der Waals surface area contributed by atoms with Gasteiger partial charge in [0.15, 0.2) is 0 Å². The molecular weight excluding hydrogens is 444 g/mol. The molecule has 0 aliphatic heterocycles. The maximum Gasteiger partial charge on any atom is 0.261 e. The lowest BCUT2D eigenvalue weighted by molar-refractivity contribution is 0.599. The molecular formula is C24H20N2O4S2. The molecule has 0 unspecified atom stereocenters. The number of nitrogens with one attached hydrogen (secondary N) is 2. The van der Waals surface area contributed by atoms with Gasteiger partial charge < -0.3 is 0 Å². The van der Waals surface area contributed by atoms with Crippen LogP contribution in [0.3, 0.4) is 0 Å². The third-order valence-corrected chi connectivity index (χ3v) is 7.50. The van der Waals surface area contributed by atoms with Gasteiger partial charge in [0.05, 0.1) is 21.2 Å². The average molecular weight is 465 g/mol. The first-order chi connectivity index (χ1) is 15.4. The fraction of sp³-hybridized carbons (Fsp3) is 0. The Bertz CT molecular complexity index is 1320. The van der Waals surface area contributed by atoms with Crippen LogP contribution in [0.15, 0.2) is 119 Å². The minimum absolute atomic E-state index is 0.132. The second kappa shape index (κ2) is 8.86. The minimum Gasteiger partial charge on any atom is -0.279 e. The number of hydrogen-bond acceptors (Lipinski definition) is 4. The number of rotatable bonds is 7. The first kappa shape index (κ1) is 21.6. The molecule has 8 heteroatoms. The van der Waals surface area contributed by atoms with Crippen molar-refractivity contribution in [2.45, 2.75) is 9.79 Å². The van der Waals surface area contributed by atoms with Crippen LogP contribution in [-0.4, -0.2) is 16.8 Å². The lowest BCUT2D eigenvalue weighted by atomic mass is 10.0. The average Bonchev–Trinajstić information content (AvgIpc) is 2.81. The molecule has 0 spiro atoms. The van der Waals surface area contributed by atoms with E-state index in [1.807, 2.05) is 0 Å². The van der Waals surface area contributed by atoms with Gasteiger partial charge >= 0.3 is 0 Å². The fourth-order valence-corrected chi connectivity index (χ4v) is 5.42. The summed E-state index contributed by atoms with van der Waals surface area (Å²) in [7, 11) is -7.65. The topological polar surface area (TPSA) is 92.3 Å². The van der Waals surface area contributed by atoms with Crippen LogP contribution in [0.5, 0.6) is 0 Å². The van der Waals surface area contributed by atoms with Crippen molar-refractivity contribution in [1.29, 1.82) is 0 Å². The van der Waals surface area contributed by atoms with E-state index in [4.69, 9.17) is 0 Å². The van der Waals surface area contributed by atoms with E-state index in [0.29, 0.717) is 22.5 Å². The number of para-hydroxylation sites is 2. The van der Waals surface area contributed by atoms with E-state index in [1.165, 1.54) is 24.3 Å². The van der Waals surface area contributed by atoms with Crippen LogP contribution in [0.1, 0.15) is 0 Å². The van der Waals surface area contributed by atoms with Crippen molar-refractivity contribution in [1.82, 2.24) is 0 Å². The zero-order valence-electron chi connectivity index (χ0n) is 16.8. The third kappa shape index (κ3) is 4.66. The minimum atomic E-state index is -3.82. The highest BCUT2D eigenvalue weighted by atomic mass is 32.2. The molecule has 4 aromatic carbocycles. The monoisotopic (exact) mass is 464 g/mol. The molecule has 0 atom stereocenters. The molecule has 0 aliphatic rings. The van der Waals surface area contributed by atoms with Gasteiger partial charge in [-0.2, -0.15) is 0 Å². The lowest BCUT2D eigenvalue weighted by Crippen LogP contribution is -2.15. The number of hydrogen-bond donors (Lipinski definition) is 2. The molecule has 4 aromatic rings. The van der Waals surface area contributed by atoms with Crippen LogP contribution in [0, 0.1) is 0 Å². The Kier molecular flexibility index (Phi) is 5.98. The maximum atomic E-state index is 12.9. The molecule has 0 aliphatic carbocycles. The van der Waals surface area contributed by atoms with Gasteiger partial charge in [-0.3, -0.25) is 9.44 Å². The van der Waals surface area contributed by atoms with Gasteiger partial charge in [0.1, 0.15) is 0 Å². The molecule has 0 saturated heterocycles. The summed E-state index contributed by atoms with van der Waals surface area (Å²) in [5.41, 5.74) is 1.75. The summed E-state index contributed by atoms with van der Waals surface area (Å²) in [4.78, 5) is 0.265. The van der Waals surface area contributed by atoms with Crippen LogP contribution in [0.4, 0.5) is 11.4 Å². The van der Waals surface area contributed by atoms with E-state index in [1.54, 1.807) is 84.9 Å². The van der Waals surface area contributed by atoms with Gasteiger partial charge in [-0.05, 0) is 36.4 Å². The molecule has 4 rings (SSSR count). The highest BCUT2D eigenvalue weighted by molar-refractivity contribution is 7.93. The van der Waals surface area contributed by atoms with Crippen LogP contribution in [0.25, 0.3) is 11.1 Å². The predicted octanol–water partition coefficient (Wildman–Crippen LogP) is 4.96. The van der Waals surface area contributed by atoms with E-state index in [9.17, 15) is 16.8 Å². The number of sulfonamides is 2. The smallest absolute Gasteiger partial charge is 0.261 e. The lowest BCUT2D eigenvalue weighted by Gasteiger charge is -2.17. The summed E-state index contributed by atoms with van der Waals surface area (Å²) in [6, 6.07) is 29.8. The Morgan fingerprint density at radius 3 is 1.09 bits per heavy atom. The van der Waals surface area contributed by atoms with Gasteiger partial charge in [-0.15, -0.1) is 0 Å². The van der Waals surface area contributed by atoms with Gasteiger partial charge in [0, 0.05) is 11.1 Å². The summed E-state index contributed by atoms with van der Waals surface area (Å²) in [6.07, 6.45) is 0. The van der Waals surface area contributed by atoms with Crippen molar-refractivity contribution in [2.24, 2.45) is 0 Å². The fourth-order valence-electron chi connectivity index (χ4n) is 3.22. The predicted molar refractivity (Wildman–Crippen MR) is 126 cm³/mol. The van der Waals surface area contributed by atoms with Crippen molar-refractivity contribution >= 4 is 31.4 Å². The molecule has 0 aromatic heterocycles. The Balaban J connectivity index is 1.74. The molecule has 6 nitrogen and oxygen atoms in total. The van der Waals surface area contributed by atoms with Crippen molar-refractivity contribution < 1.29 is 16.8 Å². The molecule has 0 bridgehead atoms. The molecule has 162 valence electrons. The van der Waals surface area contributed by atoms with Gasteiger partial charge in [0.2, 0.25) is 0 Å². The van der Waals surface area contributed by atoms with Gasteiger partial charge in [0.25, 0.3) is 20.0 Å². The second-order valence-corrected chi connectivity index (χ2v) is 10.3. The molecule has 32 heavy (non-hydrogen) atoms. The zero-order valence-corrected chi connectivity index (χ0v) is 18.5. The Morgan fingerprint density at radius 2 is 0.719 bits per heavy atom. The van der Waals surface area contributed by atoms with E-state index in [-0.39, 0.29) is 9.79 Å². The van der Waals surface area contributed by atoms with Gasteiger partial charge in [-0.1, -0.05) is 72.8 Å². The van der Waals surface area contributed by atoms with Crippen molar-refractivity contribution in [2.75, 3.05) is 9.44 Å². The first-order valence-electron chi connectivity index (χ1n) is 9.71. The largest absolute Gasteiger partial charge is 0.279 e. The van der Waals surface area contributed by atoms with E-state index in [0.717, 1.165) is 0 Å². The Hall–Kier alpha value is -3.62. The summed E-state index contributed by atoms with van der Waals surface area (Å²) in [5, 5.41) is 0. The summed E-state index contributed by atoms with van der Waals surface area (Å²) < 4.78 is 56.7. The third-order valence-electron chi connectivity index (χ3n) is 4.74. The van der Waals surface area contributed by atoms with Crippen LogP contribution in [-0.2, 0) is 20.0 Å². The summed E-state index contributed by atoms with van der Waals surface area (Å²) >= 11 is 0.